The van der Waals surface area contributed by atoms with E-state index in [-0.39, 0.29) is 5.28 Å². The van der Waals surface area contributed by atoms with E-state index in [1.165, 1.54) is 5.01 Å². The summed E-state index contributed by atoms with van der Waals surface area (Å²) in [4.78, 5) is 9.75. The summed E-state index contributed by atoms with van der Waals surface area (Å²) in [5.41, 5.74) is 0. The zero-order valence-electron chi connectivity index (χ0n) is 7.56. The second kappa shape index (κ2) is 6.96. The fourth-order valence-corrected chi connectivity index (χ4v) is 0.837. The van der Waals surface area contributed by atoms with Crippen molar-refractivity contribution < 1.29 is 5.32 Å². The van der Waals surface area contributed by atoms with Gasteiger partial charge in [0, 0.05) is 13.6 Å². The Morgan fingerprint density at radius 1 is 1.50 bits per heavy atom. The average Bonchev–Trinajstić information content (AvgIpc) is 2.10. The molecular weight excluding hydrogens is 160 g/mol. The molecule has 0 bridgehead atoms. The molecule has 2 N–H and O–H groups in total. The zero-order valence-corrected chi connectivity index (χ0v) is 7.56. The van der Waals surface area contributed by atoms with Crippen LogP contribution >= 0.6 is 0 Å². The van der Waals surface area contributed by atoms with Gasteiger partial charge in [-0.25, -0.2) is 5.01 Å². The van der Waals surface area contributed by atoms with Crippen molar-refractivity contribution in [3.05, 3.63) is 10.1 Å². The van der Waals surface area contributed by atoms with E-state index in [0.717, 1.165) is 19.4 Å². The van der Waals surface area contributed by atoms with E-state index in [1.807, 2.05) is 7.05 Å². The summed E-state index contributed by atoms with van der Waals surface area (Å²) >= 11 is 0. The Labute approximate surface area is 72.0 Å². The number of nitrogens with zero attached hydrogens (tertiary/aromatic N) is 3. The molecule has 6 nitrogen and oxygen atoms in total. The van der Waals surface area contributed by atoms with Crippen LogP contribution in [0.3, 0.4) is 0 Å². The van der Waals surface area contributed by atoms with Gasteiger partial charge >= 0.3 is 0 Å². The van der Waals surface area contributed by atoms with Crippen LogP contribution in [0.25, 0.3) is 0 Å². The Morgan fingerprint density at radius 3 is 2.67 bits per heavy atom. The molecule has 0 aromatic carbocycles. The van der Waals surface area contributed by atoms with Gasteiger partial charge in [-0.2, -0.15) is 0 Å². The molecular formula is C6H16N4O2. The lowest BCUT2D eigenvalue weighted by molar-refractivity contribution is -0.627. The largest absolute Gasteiger partial charge is 0.724 e. The fourth-order valence-electron chi connectivity index (χ4n) is 0.837. The zero-order chi connectivity index (χ0) is 9.40. The third-order valence-corrected chi connectivity index (χ3v) is 1.59. The van der Waals surface area contributed by atoms with Gasteiger partial charge < -0.3 is 10.5 Å². The van der Waals surface area contributed by atoms with Crippen LogP contribution in [0.5, 0.6) is 0 Å². The molecule has 0 saturated heterocycles. The second-order valence-electron chi connectivity index (χ2n) is 2.62. The highest BCUT2D eigenvalue weighted by molar-refractivity contribution is 4.48. The van der Waals surface area contributed by atoms with Gasteiger partial charge in [0.25, 0.3) is 0 Å². The molecule has 0 aliphatic rings. The van der Waals surface area contributed by atoms with Crippen LogP contribution in [0.4, 0.5) is 0 Å². The van der Waals surface area contributed by atoms with Crippen LogP contribution in [0, 0.1) is 10.1 Å². The highest BCUT2D eigenvalue weighted by Gasteiger charge is 1.98. The van der Waals surface area contributed by atoms with Gasteiger partial charge in [-0.1, -0.05) is 0 Å². The van der Waals surface area contributed by atoms with Crippen LogP contribution in [0.2, 0.25) is 0 Å². The summed E-state index contributed by atoms with van der Waals surface area (Å²) in [5.74, 6) is 0. The molecule has 0 spiro atoms. The predicted octanol–water partition coefficient (Wildman–Crippen LogP) is -0.712. The van der Waals surface area contributed by atoms with E-state index in [4.69, 9.17) is 0 Å². The number of rotatable bonds is 7. The van der Waals surface area contributed by atoms with Gasteiger partial charge in [-0.05, 0) is 12.8 Å². The predicted molar refractivity (Wildman–Crippen MR) is 45.6 cm³/mol. The number of nitrogens with two attached hydrogens (primary N) is 1. The van der Waals surface area contributed by atoms with Crippen LogP contribution in [0.15, 0.2) is 5.29 Å². The van der Waals surface area contributed by atoms with E-state index >= 15 is 0 Å². The van der Waals surface area contributed by atoms with Gasteiger partial charge in [0.1, 0.15) is 0 Å². The van der Waals surface area contributed by atoms with E-state index in [0.29, 0.717) is 6.54 Å². The SMILES string of the molecule is C[NH2+]CCCCN(C)N([O-])N=O. The van der Waals surface area contributed by atoms with Crippen LogP contribution < -0.4 is 5.32 Å². The maximum Gasteiger partial charge on any atom is 0.0753 e. The molecule has 0 saturated carbocycles. The molecule has 0 amide bonds. The molecule has 0 aliphatic heterocycles. The van der Waals surface area contributed by atoms with E-state index in [1.54, 1.807) is 7.05 Å². The molecule has 0 atom stereocenters. The normalized spacial score (nSPS) is 10.3. The number of quaternary nitrogens is 1. The number of hydrogen-bond donors (Lipinski definition) is 1. The summed E-state index contributed by atoms with van der Waals surface area (Å²) in [7, 11) is 3.54. The molecule has 0 unspecified atom stereocenters. The van der Waals surface area contributed by atoms with Crippen LogP contribution in [-0.2, 0) is 0 Å². The van der Waals surface area contributed by atoms with Crippen molar-refractivity contribution in [1.29, 1.82) is 0 Å². The van der Waals surface area contributed by atoms with Crippen molar-refractivity contribution in [2.24, 2.45) is 5.29 Å². The van der Waals surface area contributed by atoms with Crippen molar-refractivity contribution in [1.82, 2.24) is 10.3 Å². The first kappa shape index (κ1) is 11.3. The Hall–Kier alpha value is -0.720. The smallest absolute Gasteiger partial charge is 0.0753 e. The highest BCUT2D eigenvalue weighted by Crippen LogP contribution is 1.95. The molecule has 0 radical (unpaired) electrons. The lowest BCUT2D eigenvalue weighted by Gasteiger charge is -2.30. The number of unbranched alkanes of at least 4 members (excludes halogenated alkanes) is 1. The molecule has 72 valence electrons. The molecule has 0 fully saturated rings. The topological polar surface area (TPSA) is 75.6 Å². The number of nitroso groups, excluding NO2 is 1. The van der Waals surface area contributed by atoms with Gasteiger partial charge in [0.2, 0.25) is 0 Å². The minimum Gasteiger partial charge on any atom is -0.724 e. The maximum atomic E-state index is 10.5. The second-order valence-corrected chi connectivity index (χ2v) is 2.62. The first-order valence-corrected chi connectivity index (χ1v) is 4.01. The third kappa shape index (κ3) is 5.00. The van der Waals surface area contributed by atoms with Gasteiger partial charge in [0.05, 0.1) is 18.9 Å². The van der Waals surface area contributed by atoms with Gasteiger partial charge in [-0.3, -0.25) is 5.28 Å². The quantitative estimate of drug-likeness (QED) is 0.316. The fraction of sp³-hybridized carbons (Fsp3) is 1.00. The molecule has 0 heterocycles. The summed E-state index contributed by atoms with van der Waals surface area (Å²) in [6.07, 6.45) is 1.93. The summed E-state index contributed by atoms with van der Waals surface area (Å²) in [5, 5.41) is 16.2. The number of hydrazine groups is 1. The lowest BCUT2D eigenvalue weighted by atomic mass is 10.3. The van der Waals surface area contributed by atoms with Crippen LogP contribution in [-0.4, -0.2) is 37.5 Å². The molecule has 6 heteroatoms. The number of hydrogen-bond acceptors (Lipinski definition) is 4. The lowest BCUT2D eigenvalue weighted by Crippen LogP contribution is -2.79. The maximum absolute atomic E-state index is 10.5. The molecule has 0 aliphatic carbocycles. The molecule has 0 aromatic rings. The van der Waals surface area contributed by atoms with Gasteiger partial charge in [0.15, 0.2) is 0 Å². The van der Waals surface area contributed by atoms with Crippen molar-refractivity contribution in [3.63, 3.8) is 0 Å². The summed E-state index contributed by atoms with van der Waals surface area (Å²) in [6, 6.07) is 0. The summed E-state index contributed by atoms with van der Waals surface area (Å²) in [6.45, 7) is 1.62. The van der Waals surface area contributed by atoms with Gasteiger partial charge in [-0.15, -0.1) is 4.91 Å². The minimum absolute atomic E-state index is 0.0651. The van der Waals surface area contributed by atoms with E-state index < -0.39 is 0 Å². The minimum atomic E-state index is 0.0651. The van der Waals surface area contributed by atoms with E-state index in [2.05, 4.69) is 10.6 Å². The first-order valence-electron chi connectivity index (χ1n) is 4.01. The average molecular weight is 176 g/mol. The third-order valence-electron chi connectivity index (χ3n) is 1.59. The summed E-state index contributed by atoms with van der Waals surface area (Å²) < 4.78 is 0. The van der Waals surface area contributed by atoms with Crippen molar-refractivity contribution in [2.45, 2.75) is 12.8 Å². The highest BCUT2D eigenvalue weighted by atomic mass is 16.6. The molecule has 0 aromatic heterocycles. The standard InChI is InChI=1S/C6H15N4O2/c1-7-5-3-4-6-9(2)10(12)8-11/h7H,3-6H2,1-2H3/q-1/p+1. The van der Waals surface area contributed by atoms with Crippen LogP contribution in [0.1, 0.15) is 12.8 Å². The Balaban J connectivity index is 3.30. The van der Waals surface area contributed by atoms with E-state index in [9.17, 15) is 10.1 Å². The van der Waals surface area contributed by atoms with Crippen molar-refractivity contribution >= 4 is 0 Å². The Bertz CT molecular complexity index is 122. The van der Waals surface area contributed by atoms with Crippen molar-refractivity contribution in [2.75, 3.05) is 27.2 Å². The first-order chi connectivity index (χ1) is 5.72. The monoisotopic (exact) mass is 176 g/mol. The Kier molecular flexibility index (Phi) is 6.54. The van der Waals surface area contributed by atoms with Crippen molar-refractivity contribution in [3.8, 4) is 0 Å². The Morgan fingerprint density at radius 2 is 2.17 bits per heavy atom. The molecule has 12 heavy (non-hydrogen) atoms. The molecule has 0 rings (SSSR count).